The summed E-state index contributed by atoms with van der Waals surface area (Å²) >= 11 is 0. The Morgan fingerprint density at radius 1 is 1.35 bits per heavy atom. The Bertz CT molecular complexity index is 484. The van der Waals surface area contributed by atoms with Crippen molar-refractivity contribution in [3.8, 4) is 0 Å². The van der Waals surface area contributed by atoms with Crippen LogP contribution in [0, 0.1) is 5.82 Å². The first-order chi connectivity index (χ1) is 8.29. The van der Waals surface area contributed by atoms with Crippen LogP contribution in [-0.4, -0.2) is 23.7 Å². The molecule has 1 N–H and O–H groups in total. The van der Waals surface area contributed by atoms with Gasteiger partial charge in [0.1, 0.15) is 5.82 Å². The molecule has 2 rings (SSSR count). The highest BCUT2D eigenvalue weighted by Crippen LogP contribution is 2.11. The normalized spacial score (nSPS) is 10.7. The number of nitrogens with zero attached hydrogens (tertiary/aromatic N) is 2. The number of rotatable bonds is 5. The molecule has 4 nitrogen and oxygen atoms in total. The van der Waals surface area contributed by atoms with Gasteiger partial charge in [-0.2, -0.15) is 4.98 Å². The van der Waals surface area contributed by atoms with Crippen molar-refractivity contribution in [1.29, 1.82) is 0 Å². The van der Waals surface area contributed by atoms with Gasteiger partial charge < -0.3 is 9.84 Å². The van der Waals surface area contributed by atoms with E-state index in [2.05, 4.69) is 15.5 Å². The zero-order valence-corrected chi connectivity index (χ0v) is 9.61. The second-order valence-electron chi connectivity index (χ2n) is 3.73. The molecule has 0 spiro atoms. The van der Waals surface area contributed by atoms with Gasteiger partial charge in [0.15, 0.2) is 5.82 Å². The SMILES string of the molecule is CNCCc1nc(Cc2ccccc2F)no1. The van der Waals surface area contributed by atoms with Gasteiger partial charge in [-0.05, 0) is 18.7 Å². The molecular weight excluding hydrogens is 221 g/mol. The van der Waals surface area contributed by atoms with E-state index < -0.39 is 0 Å². The van der Waals surface area contributed by atoms with Crippen LogP contribution in [0.15, 0.2) is 28.8 Å². The lowest BCUT2D eigenvalue weighted by Gasteiger charge is -1.97. The van der Waals surface area contributed by atoms with Crippen LogP contribution in [0.2, 0.25) is 0 Å². The predicted octanol–water partition coefficient (Wildman–Crippen LogP) is 1.56. The Labute approximate surface area is 98.8 Å². The van der Waals surface area contributed by atoms with Gasteiger partial charge in [0, 0.05) is 19.4 Å². The van der Waals surface area contributed by atoms with Crippen LogP contribution in [0.5, 0.6) is 0 Å². The third-order valence-electron chi connectivity index (χ3n) is 2.41. The minimum absolute atomic E-state index is 0.242. The first-order valence-electron chi connectivity index (χ1n) is 5.49. The van der Waals surface area contributed by atoms with Crippen molar-refractivity contribution in [2.24, 2.45) is 0 Å². The molecule has 0 saturated heterocycles. The van der Waals surface area contributed by atoms with E-state index in [1.807, 2.05) is 7.05 Å². The first-order valence-corrected chi connectivity index (χ1v) is 5.49. The Hall–Kier alpha value is -1.75. The highest BCUT2D eigenvalue weighted by molar-refractivity contribution is 5.20. The second-order valence-corrected chi connectivity index (χ2v) is 3.73. The summed E-state index contributed by atoms with van der Waals surface area (Å²) in [7, 11) is 1.86. The van der Waals surface area contributed by atoms with Crippen LogP contribution in [0.4, 0.5) is 4.39 Å². The number of hydrogen-bond acceptors (Lipinski definition) is 4. The molecule has 5 heteroatoms. The molecule has 0 aliphatic carbocycles. The molecule has 0 atom stereocenters. The van der Waals surface area contributed by atoms with Gasteiger partial charge >= 0.3 is 0 Å². The maximum Gasteiger partial charge on any atom is 0.227 e. The maximum atomic E-state index is 13.4. The zero-order valence-electron chi connectivity index (χ0n) is 9.61. The summed E-state index contributed by atoms with van der Waals surface area (Å²) in [6.45, 7) is 0.779. The molecule has 0 aliphatic heterocycles. The van der Waals surface area contributed by atoms with E-state index in [4.69, 9.17) is 4.52 Å². The van der Waals surface area contributed by atoms with Crippen LogP contribution in [-0.2, 0) is 12.8 Å². The average molecular weight is 235 g/mol. The molecule has 0 fully saturated rings. The Morgan fingerprint density at radius 3 is 2.94 bits per heavy atom. The molecule has 1 heterocycles. The molecule has 0 unspecified atom stereocenters. The lowest BCUT2D eigenvalue weighted by atomic mass is 10.1. The third kappa shape index (κ3) is 3.10. The van der Waals surface area contributed by atoms with Crippen molar-refractivity contribution in [1.82, 2.24) is 15.5 Å². The lowest BCUT2D eigenvalue weighted by Crippen LogP contribution is -2.10. The molecule has 0 radical (unpaired) electrons. The van der Waals surface area contributed by atoms with Gasteiger partial charge in [-0.15, -0.1) is 0 Å². The largest absolute Gasteiger partial charge is 0.339 e. The highest BCUT2D eigenvalue weighted by Gasteiger charge is 2.09. The summed E-state index contributed by atoms with van der Waals surface area (Å²) in [5, 5.41) is 6.82. The van der Waals surface area contributed by atoms with Crippen molar-refractivity contribution >= 4 is 0 Å². The summed E-state index contributed by atoms with van der Waals surface area (Å²) in [5.74, 6) is 0.848. The Morgan fingerprint density at radius 2 is 2.18 bits per heavy atom. The van der Waals surface area contributed by atoms with Crippen LogP contribution >= 0.6 is 0 Å². The van der Waals surface area contributed by atoms with E-state index in [1.165, 1.54) is 6.07 Å². The molecular formula is C12H14FN3O. The van der Waals surface area contributed by atoms with E-state index in [-0.39, 0.29) is 5.82 Å². The van der Waals surface area contributed by atoms with Crippen LogP contribution < -0.4 is 5.32 Å². The second kappa shape index (κ2) is 5.54. The highest BCUT2D eigenvalue weighted by atomic mass is 19.1. The summed E-state index contributed by atoms with van der Waals surface area (Å²) in [5.41, 5.74) is 0.577. The monoisotopic (exact) mass is 235 g/mol. The molecule has 1 aromatic heterocycles. The van der Waals surface area contributed by atoms with E-state index in [0.717, 1.165) is 6.54 Å². The molecule has 0 amide bonds. The van der Waals surface area contributed by atoms with Crippen molar-refractivity contribution < 1.29 is 8.91 Å². The van der Waals surface area contributed by atoms with Gasteiger partial charge in [-0.3, -0.25) is 0 Å². The number of benzene rings is 1. The van der Waals surface area contributed by atoms with E-state index >= 15 is 0 Å². The number of halogens is 1. The van der Waals surface area contributed by atoms with E-state index in [9.17, 15) is 4.39 Å². The molecule has 0 saturated carbocycles. The summed E-state index contributed by atoms with van der Waals surface area (Å²) < 4.78 is 18.4. The summed E-state index contributed by atoms with van der Waals surface area (Å²) in [4.78, 5) is 4.20. The van der Waals surface area contributed by atoms with Gasteiger partial charge in [0.05, 0.1) is 0 Å². The zero-order chi connectivity index (χ0) is 12.1. The minimum Gasteiger partial charge on any atom is -0.339 e. The van der Waals surface area contributed by atoms with Crippen molar-refractivity contribution in [2.45, 2.75) is 12.8 Å². The quantitative estimate of drug-likeness (QED) is 0.854. The first kappa shape index (κ1) is 11.7. The fourth-order valence-electron chi connectivity index (χ4n) is 1.51. The van der Waals surface area contributed by atoms with Gasteiger partial charge in [-0.1, -0.05) is 23.4 Å². The minimum atomic E-state index is -0.242. The number of nitrogens with one attached hydrogen (secondary N) is 1. The molecule has 17 heavy (non-hydrogen) atoms. The van der Waals surface area contributed by atoms with Gasteiger partial charge in [0.25, 0.3) is 0 Å². The van der Waals surface area contributed by atoms with Crippen LogP contribution in [0.3, 0.4) is 0 Å². The number of likely N-dealkylation sites (N-methyl/N-ethyl adjacent to an activating group) is 1. The molecule has 1 aromatic carbocycles. The van der Waals surface area contributed by atoms with Crippen LogP contribution in [0.25, 0.3) is 0 Å². The van der Waals surface area contributed by atoms with Crippen molar-refractivity contribution in [3.63, 3.8) is 0 Å². The standard InChI is InChI=1S/C12H14FN3O/c1-14-7-6-12-15-11(16-17-12)8-9-4-2-3-5-10(9)13/h2-5,14H,6-8H2,1H3. The predicted molar refractivity (Wildman–Crippen MR) is 61.1 cm³/mol. The Balaban J connectivity index is 2.04. The average Bonchev–Trinajstić information content (AvgIpc) is 2.77. The third-order valence-corrected chi connectivity index (χ3v) is 2.41. The van der Waals surface area contributed by atoms with Crippen LogP contribution in [0.1, 0.15) is 17.3 Å². The fraction of sp³-hybridized carbons (Fsp3) is 0.333. The number of aromatic nitrogens is 2. The molecule has 0 bridgehead atoms. The topological polar surface area (TPSA) is 51.0 Å². The van der Waals surface area contributed by atoms with Crippen molar-refractivity contribution in [3.05, 3.63) is 47.4 Å². The van der Waals surface area contributed by atoms with E-state index in [0.29, 0.717) is 30.1 Å². The van der Waals surface area contributed by atoms with E-state index in [1.54, 1.807) is 18.2 Å². The molecule has 2 aromatic rings. The molecule has 90 valence electrons. The number of hydrogen-bond donors (Lipinski definition) is 1. The van der Waals surface area contributed by atoms with Gasteiger partial charge in [-0.25, -0.2) is 4.39 Å². The fourth-order valence-corrected chi connectivity index (χ4v) is 1.51. The smallest absolute Gasteiger partial charge is 0.227 e. The maximum absolute atomic E-state index is 13.4. The van der Waals surface area contributed by atoms with Crippen molar-refractivity contribution in [2.75, 3.05) is 13.6 Å². The summed E-state index contributed by atoms with van der Waals surface area (Å²) in [6.07, 6.45) is 1.04. The summed E-state index contributed by atoms with van der Waals surface area (Å²) in [6, 6.07) is 6.60. The lowest BCUT2D eigenvalue weighted by molar-refractivity contribution is 0.372. The molecule has 0 aliphatic rings. The Kier molecular flexibility index (Phi) is 3.82. The van der Waals surface area contributed by atoms with Gasteiger partial charge in [0.2, 0.25) is 5.89 Å².